The lowest BCUT2D eigenvalue weighted by Gasteiger charge is -2.33. The Morgan fingerprint density at radius 2 is 2.36 bits per heavy atom. The Morgan fingerprint density at radius 1 is 1.57 bits per heavy atom. The summed E-state index contributed by atoms with van der Waals surface area (Å²) in [5.41, 5.74) is 1.27. The monoisotopic (exact) mass is 206 g/mol. The maximum absolute atomic E-state index is 4.71. The van der Waals surface area contributed by atoms with Crippen molar-refractivity contribution in [3.63, 3.8) is 0 Å². The zero-order valence-electron chi connectivity index (χ0n) is 8.36. The number of nitrogens with zero attached hydrogens (tertiary/aromatic N) is 1. The number of hydrogen-bond acceptors (Lipinski definition) is 2. The van der Waals surface area contributed by atoms with Gasteiger partial charge in [0.15, 0.2) is 0 Å². The van der Waals surface area contributed by atoms with Crippen molar-refractivity contribution in [3.8, 4) is 0 Å². The van der Waals surface area contributed by atoms with Crippen LogP contribution < -0.4 is 0 Å². The lowest BCUT2D eigenvalue weighted by molar-refractivity contribution is 0.628. The molecule has 0 aromatic carbocycles. The molecule has 0 aliphatic heterocycles. The molecule has 2 rings (SSSR count). The van der Waals surface area contributed by atoms with Gasteiger partial charge in [-0.25, -0.2) is 4.98 Å². The van der Waals surface area contributed by atoms with E-state index in [4.69, 9.17) is 12.6 Å². The summed E-state index contributed by atoms with van der Waals surface area (Å²) >= 11 is 4.71. The molecule has 0 fully saturated rings. The van der Waals surface area contributed by atoms with Crippen LogP contribution in [-0.4, -0.2) is 14.7 Å². The van der Waals surface area contributed by atoms with Crippen LogP contribution in [0.1, 0.15) is 25.6 Å². The Kier molecular flexibility index (Phi) is 2.27. The molecule has 2 atom stereocenters. The summed E-state index contributed by atoms with van der Waals surface area (Å²) in [5, 5.41) is 0. The quantitative estimate of drug-likeness (QED) is 0.680. The van der Waals surface area contributed by atoms with Crippen molar-refractivity contribution in [2.45, 2.75) is 24.5 Å². The van der Waals surface area contributed by atoms with Crippen molar-refractivity contribution < 1.29 is 0 Å². The topological polar surface area (TPSA) is 28.7 Å². The lowest BCUT2D eigenvalue weighted by atomic mass is 9.83. The van der Waals surface area contributed by atoms with Crippen LogP contribution in [0.25, 0.3) is 0 Å². The fourth-order valence-corrected chi connectivity index (χ4v) is 2.00. The van der Waals surface area contributed by atoms with E-state index in [1.54, 1.807) is 6.20 Å². The molecule has 1 aliphatic carbocycles. The molecule has 3 heteroatoms. The van der Waals surface area contributed by atoms with Crippen LogP contribution in [0.5, 0.6) is 0 Å². The third-order valence-electron chi connectivity index (χ3n) is 2.87. The second-order valence-electron chi connectivity index (χ2n) is 3.83. The lowest BCUT2D eigenvalue weighted by Crippen LogP contribution is -2.29. The number of nitrogens with one attached hydrogen (secondary N) is 1. The van der Waals surface area contributed by atoms with E-state index >= 15 is 0 Å². The van der Waals surface area contributed by atoms with Crippen molar-refractivity contribution in [2.75, 3.05) is 0 Å². The fourth-order valence-electron chi connectivity index (χ4n) is 1.72. The number of thiol groups is 1. The number of aromatic amines is 1. The Balaban J connectivity index is 2.39. The summed E-state index contributed by atoms with van der Waals surface area (Å²) in [6, 6.07) is 0. The van der Waals surface area contributed by atoms with Gasteiger partial charge in [-0.15, -0.1) is 0 Å². The Labute approximate surface area is 89.5 Å². The summed E-state index contributed by atoms with van der Waals surface area (Å²) in [5.74, 6) is 1.21. The molecule has 0 radical (unpaired) electrons. The minimum Gasteiger partial charge on any atom is -0.348 e. The Hall–Kier alpha value is -0.960. The number of imidazole rings is 1. The first-order chi connectivity index (χ1) is 6.62. The first-order valence-electron chi connectivity index (χ1n) is 4.69. The molecule has 2 unspecified atom stereocenters. The van der Waals surface area contributed by atoms with Crippen molar-refractivity contribution >= 4 is 12.6 Å². The van der Waals surface area contributed by atoms with Gasteiger partial charge in [0.1, 0.15) is 5.82 Å². The number of hydrogen-bond donors (Lipinski definition) is 2. The predicted octanol–water partition coefficient (Wildman–Crippen LogP) is 2.70. The van der Waals surface area contributed by atoms with Gasteiger partial charge in [0.25, 0.3) is 0 Å². The maximum atomic E-state index is 4.71. The highest BCUT2D eigenvalue weighted by Gasteiger charge is 2.34. The van der Waals surface area contributed by atoms with Gasteiger partial charge in [-0.1, -0.05) is 23.8 Å². The molecule has 1 N–H and O–H groups in total. The number of rotatable bonds is 1. The molecule has 1 heterocycles. The van der Waals surface area contributed by atoms with Gasteiger partial charge in [-0.2, -0.15) is 12.6 Å². The minimum atomic E-state index is -0.146. The van der Waals surface area contributed by atoms with E-state index < -0.39 is 0 Å². The van der Waals surface area contributed by atoms with Crippen LogP contribution in [0.2, 0.25) is 0 Å². The van der Waals surface area contributed by atoms with E-state index in [2.05, 4.69) is 42.0 Å². The second kappa shape index (κ2) is 3.31. The second-order valence-corrected chi connectivity index (χ2v) is 4.76. The first kappa shape index (κ1) is 9.59. The van der Waals surface area contributed by atoms with E-state index in [0.29, 0.717) is 0 Å². The largest absolute Gasteiger partial charge is 0.348 e. The van der Waals surface area contributed by atoms with Gasteiger partial charge < -0.3 is 4.98 Å². The zero-order valence-corrected chi connectivity index (χ0v) is 9.25. The summed E-state index contributed by atoms with van der Waals surface area (Å²) in [6.45, 7) is 4.23. The molecule has 74 valence electrons. The zero-order chi connectivity index (χ0) is 10.2. The molecule has 0 saturated carbocycles. The highest BCUT2D eigenvalue weighted by atomic mass is 32.1. The minimum absolute atomic E-state index is 0.146. The van der Waals surface area contributed by atoms with E-state index in [0.717, 1.165) is 5.82 Å². The van der Waals surface area contributed by atoms with E-state index in [9.17, 15) is 0 Å². The van der Waals surface area contributed by atoms with Crippen LogP contribution in [0.4, 0.5) is 0 Å². The summed E-state index contributed by atoms with van der Waals surface area (Å²) in [4.78, 5) is 7.43. The molecule has 1 aliphatic rings. The molecule has 0 spiro atoms. The molecule has 1 aromatic heterocycles. The molecule has 2 nitrogen and oxygen atoms in total. The molecule has 0 saturated heterocycles. The van der Waals surface area contributed by atoms with Gasteiger partial charge >= 0.3 is 0 Å². The van der Waals surface area contributed by atoms with Crippen LogP contribution in [0.3, 0.4) is 0 Å². The first-order valence-corrected chi connectivity index (χ1v) is 5.14. The molecule has 0 bridgehead atoms. The highest BCUT2D eigenvalue weighted by Crippen LogP contribution is 2.41. The van der Waals surface area contributed by atoms with Gasteiger partial charge in [-0.3, -0.25) is 0 Å². The maximum Gasteiger partial charge on any atom is 0.114 e. The Bertz CT molecular complexity index is 374. The standard InChI is InChI=1S/C11H14N2S/c1-8-4-3-5-9(11(8,2)14)10-12-6-7-13-10/h3-7,9,14H,1-2H3,(H,12,13). The third-order valence-corrected chi connectivity index (χ3v) is 3.50. The van der Waals surface area contributed by atoms with Gasteiger partial charge in [0.05, 0.1) is 5.92 Å². The smallest absolute Gasteiger partial charge is 0.114 e. The van der Waals surface area contributed by atoms with Crippen molar-refractivity contribution in [1.82, 2.24) is 9.97 Å². The average molecular weight is 206 g/mol. The van der Waals surface area contributed by atoms with E-state index in [1.807, 2.05) is 6.20 Å². The van der Waals surface area contributed by atoms with Crippen LogP contribution in [0, 0.1) is 0 Å². The van der Waals surface area contributed by atoms with Crippen LogP contribution in [0.15, 0.2) is 36.2 Å². The van der Waals surface area contributed by atoms with E-state index in [-0.39, 0.29) is 10.7 Å². The van der Waals surface area contributed by atoms with E-state index in [1.165, 1.54) is 5.57 Å². The Morgan fingerprint density at radius 3 is 3.00 bits per heavy atom. The predicted molar refractivity (Wildman–Crippen MR) is 61.6 cm³/mol. The molecular weight excluding hydrogens is 192 g/mol. The SMILES string of the molecule is CC1=CC=CC(c2ncc[nH]2)C1(C)S. The number of H-pyrrole nitrogens is 1. The van der Waals surface area contributed by atoms with Crippen LogP contribution >= 0.6 is 12.6 Å². The summed E-state index contributed by atoms with van der Waals surface area (Å²) < 4.78 is -0.146. The van der Waals surface area contributed by atoms with Crippen molar-refractivity contribution in [2.24, 2.45) is 0 Å². The third kappa shape index (κ3) is 1.42. The number of aromatic nitrogens is 2. The van der Waals surface area contributed by atoms with Crippen molar-refractivity contribution in [3.05, 3.63) is 42.0 Å². The molecular formula is C11H14N2S. The molecule has 1 aromatic rings. The summed E-state index contributed by atoms with van der Waals surface area (Å²) in [6.07, 6.45) is 9.94. The number of allylic oxidation sites excluding steroid dienone is 3. The highest BCUT2D eigenvalue weighted by molar-refractivity contribution is 7.82. The van der Waals surface area contributed by atoms with Gasteiger partial charge in [-0.05, 0) is 13.8 Å². The average Bonchev–Trinajstić information content (AvgIpc) is 2.62. The molecule has 14 heavy (non-hydrogen) atoms. The van der Waals surface area contributed by atoms with Gasteiger partial charge in [0, 0.05) is 17.1 Å². The summed E-state index contributed by atoms with van der Waals surface area (Å²) in [7, 11) is 0. The normalized spacial score (nSPS) is 31.6. The molecule has 0 amide bonds. The fraction of sp³-hybridized carbons (Fsp3) is 0.364. The van der Waals surface area contributed by atoms with Crippen molar-refractivity contribution in [1.29, 1.82) is 0 Å². The van der Waals surface area contributed by atoms with Gasteiger partial charge in [0.2, 0.25) is 0 Å². The van der Waals surface area contributed by atoms with Crippen LogP contribution in [-0.2, 0) is 0 Å².